The summed E-state index contributed by atoms with van der Waals surface area (Å²) >= 11 is 6.26. The zero-order valence-electron chi connectivity index (χ0n) is 19.3. The minimum atomic E-state index is -0.280. The molecule has 180 valence electrons. The van der Waals surface area contributed by atoms with Crippen molar-refractivity contribution >= 4 is 17.5 Å². The van der Waals surface area contributed by atoms with Crippen LogP contribution in [0, 0.1) is 5.82 Å². The predicted octanol–water partition coefficient (Wildman–Crippen LogP) is 5.57. The molecule has 3 aromatic rings. The molecule has 5 nitrogen and oxygen atoms in total. The van der Waals surface area contributed by atoms with Gasteiger partial charge in [-0.2, -0.15) is 0 Å². The summed E-state index contributed by atoms with van der Waals surface area (Å²) < 4.78 is 24.4. The standard InChI is InChI=1S/C27H29ClFNO4/c1-18(2)34-26-12-7-21(16-25(26)28)27(32)30-23(13-14-31)15-19-5-10-24(11-6-19)33-17-20-3-8-22(29)9-4-20/h3-12,16,18,23,31H,13-15,17H2,1-2H3,(H,30,32)/t23-/m1/s1. The predicted molar refractivity (Wildman–Crippen MR) is 131 cm³/mol. The topological polar surface area (TPSA) is 67.8 Å². The van der Waals surface area contributed by atoms with Gasteiger partial charge in [0.25, 0.3) is 5.91 Å². The third-order valence-corrected chi connectivity index (χ3v) is 5.39. The Balaban J connectivity index is 1.58. The fraction of sp³-hybridized carbons (Fsp3) is 0.296. The van der Waals surface area contributed by atoms with Crippen molar-refractivity contribution in [1.82, 2.24) is 5.32 Å². The lowest BCUT2D eigenvalue weighted by Crippen LogP contribution is -2.37. The van der Waals surface area contributed by atoms with Gasteiger partial charge in [0.15, 0.2) is 0 Å². The third kappa shape index (κ3) is 7.75. The fourth-order valence-electron chi connectivity index (χ4n) is 3.39. The van der Waals surface area contributed by atoms with Crippen molar-refractivity contribution in [3.05, 3.63) is 94.3 Å². The Hall–Kier alpha value is -3.09. The molecule has 0 bridgehead atoms. The molecule has 0 heterocycles. The Bertz CT molecular complexity index is 1070. The van der Waals surface area contributed by atoms with Gasteiger partial charge >= 0.3 is 0 Å². The van der Waals surface area contributed by atoms with Gasteiger partial charge in [-0.1, -0.05) is 35.9 Å². The van der Waals surface area contributed by atoms with E-state index in [-0.39, 0.29) is 30.5 Å². The van der Waals surface area contributed by atoms with Crippen LogP contribution in [0.4, 0.5) is 4.39 Å². The van der Waals surface area contributed by atoms with Crippen LogP contribution < -0.4 is 14.8 Å². The molecule has 0 aliphatic rings. The molecule has 0 aromatic heterocycles. The van der Waals surface area contributed by atoms with Crippen LogP contribution in [0.25, 0.3) is 0 Å². The molecule has 7 heteroatoms. The van der Waals surface area contributed by atoms with E-state index in [1.54, 1.807) is 30.3 Å². The van der Waals surface area contributed by atoms with Gasteiger partial charge in [0.2, 0.25) is 0 Å². The summed E-state index contributed by atoms with van der Waals surface area (Å²) in [5.74, 6) is 0.671. The van der Waals surface area contributed by atoms with Crippen LogP contribution in [-0.4, -0.2) is 29.8 Å². The van der Waals surface area contributed by atoms with E-state index in [1.165, 1.54) is 12.1 Å². The summed E-state index contributed by atoms with van der Waals surface area (Å²) in [5.41, 5.74) is 2.29. The summed E-state index contributed by atoms with van der Waals surface area (Å²) in [4.78, 5) is 12.8. The highest BCUT2D eigenvalue weighted by Gasteiger charge is 2.16. The Morgan fingerprint density at radius 2 is 1.71 bits per heavy atom. The smallest absolute Gasteiger partial charge is 0.251 e. The number of ether oxygens (including phenoxy) is 2. The number of amides is 1. The van der Waals surface area contributed by atoms with Gasteiger partial charge < -0.3 is 19.9 Å². The van der Waals surface area contributed by atoms with Crippen LogP contribution >= 0.6 is 11.6 Å². The van der Waals surface area contributed by atoms with Crippen molar-refractivity contribution in [3.63, 3.8) is 0 Å². The van der Waals surface area contributed by atoms with Gasteiger partial charge in [-0.05, 0) is 80.3 Å². The maximum Gasteiger partial charge on any atom is 0.251 e. The number of aliphatic hydroxyl groups excluding tert-OH is 1. The lowest BCUT2D eigenvalue weighted by Gasteiger charge is -2.19. The number of rotatable bonds is 11. The summed E-state index contributed by atoms with van der Waals surface area (Å²) in [7, 11) is 0. The van der Waals surface area contributed by atoms with E-state index >= 15 is 0 Å². The molecule has 0 radical (unpaired) electrons. The molecule has 0 unspecified atom stereocenters. The van der Waals surface area contributed by atoms with Crippen molar-refractivity contribution in [2.75, 3.05) is 6.61 Å². The maximum atomic E-state index is 13.0. The SMILES string of the molecule is CC(C)Oc1ccc(C(=O)N[C@H](CCO)Cc2ccc(OCc3ccc(F)cc3)cc2)cc1Cl. The van der Waals surface area contributed by atoms with E-state index in [4.69, 9.17) is 21.1 Å². The number of hydrogen-bond acceptors (Lipinski definition) is 4. The third-order valence-electron chi connectivity index (χ3n) is 5.09. The molecule has 1 atom stereocenters. The first-order valence-corrected chi connectivity index (χ1v) is 11.6. The molecule has 0 aliphatic carbocycles. The normalized spacial score (nSPS) is 11.8. The quantitative estimate of drug-likeness (QED) is 0.372. The van der Waals surface area contributed by atoms with E-state index in [0.717, 1.165) is 11.1 Å². The average Bonchev–Trinajstić information content (AvgIpc) is 2.81. The fourth-order valence-corrected chi connectivity index (χ4v) is 3.62. The van der Waals surface area contributed by atoms with Gasteiger partial charge in [0.05, 0.1) is 11.1 Å². The Kier molecular flexibility index (Phi) is 9.31. The number of aliphatic hydroxyl groups is 1. The first-order chi connectivity index (χ1) is 16.3. The Morgan fingerprint density at radius 3 is 2.32 bits per heavy atom. The van der Waals surface area contributed by atoms with Crippen molar-refractivity contribution < 1.29 is 23.8 Å². The van der Waals surface area contributed by atoms with Gasteiger partial charge in [0.1, 0.15) is 23.9 Å². The molecule has 34 heavy (non-hydrogen) atoms. The highest BCUT2D eigenvalue weighted by atomic mass is 35.5. The first-order valence-electron chi connectivity index (χ1n) is 11.2. The summed E-state index contributed by atoms with van der Waals surface area (Å²) in [6, 6.07) is 18.4. The lowest BCUT2D eigenvalue weighted by atomic mass is 10.0. The lowest BCUT2D eigenvalue weighted by molar-refractivity contribution is 0.0930. The van der Waals surface area contributed by atoms with Crippen LogP contribution in [0.1, 0.15) is 41.8 Å². The molecule has 0 spiro atoms. The maximum absolute atomic E-state index is 13.0. The molecule has 0 saturated heterocycles. The summed E-state index contributed by atoms with van der Waals surface area (Å²) in [6.07, 6.45) is 0.940. The highest BCUT2D eigenvalue weighted by molar-refractivity contribution is 6.32. The average molecular weight is 486 g/mol. The van der Waals surface area contributed by atoms with Gasteiger partial charge in [-0.15, -0.1) is 0 Å². The zero-order valence-corrected chi connectivity index (χ0v) is 20.0. The summed E-state index contributed by atoms with van der Waals surface area (Å²) in [6.45, 7) is 4.10. The second kappa shape index (κ2) is 12.4. The molecule has 2 N–H and O–H groups in total. The highest BCUT2D eigenvalue weighted by Crippen LogP contribution is 2.26. The van der Waals surface area contributed by atoms with Gasteiger partial charge in [-0.3, -0.25) is 4.79 Å². The number of nitrogens with one attached hydrogen (secondary N) is 1. The largest absolute Gasteiger partial charge is 0.489 e. The molecular weight excluding hydrogens is 457 g/mol. The Labute approximate surface area is 204 Å². The van der Waals surface area contributed by atoms with Crippen molar-refractivity contribution in [2.24, 2.45) is 0 Å². The number of hydrogen-bond donors (Lipinski definition) is 2. The second-order valence-corrected chi connectivity index (χ2v) is 8.66. The van der Waals surface area contributed by atoms with Crippen molar-refractivity contribution in [2.45, 2.75) is 45.4 Å². The number of carbonyl (C=O) groups excluding carboxylic acids is 1. The Morgan fingerprint density at radius 1 is 1.03 bits per heavy atom. The molecule has 0 fully saturated rings. The van der Waals surface area contributed by atoms with E-state index in [1.807, 2.05) is 38.1 Å². The molecule has 3 rings (SSSR count). The van der Waals surface area contributed by atoms with E-state index in [9.17, 15) is 14.3 Å². The molecular formula is C27H29ClFNO4. The van der Waals surface area contributed by atoms with Crippen LogP contribution in [0.3, 0.4) is 0 Å². The van der Waals surface area contributed by atoms with E-state index < -0.39 is 0 Å². The first kappa shape index (κ1) is 25.5. The number of halogens is 2. The van der Waals surface area contributed by atoms with Gasteiger partial charge in [-0.25, -0.2) is 4.39 Å². The molecule has 1 amide bonds. The zero-order chi connectivity index (χ0) is 24.5. The van der Waals surface area contributed by atoms with Crippen LogP contribution in [0.5, 0.6) is 11.5 Å². The van der Waals surface area contributed by atoms with E-state index in [2.05, 4.69) is 5.32 Å². The van der Waals surface area contributed by atoms with Crippen LogP contribution in [-0.2, 0) is 13.0 Å². The molecule has 3 aromatic carbocycles. The second-order valence-electron chi connectivity index (χ2n) is 8.26. The van der Waals surface area contributed by atoms with E-state index in [0.29, 0.717) is 41.5 Å². The minimum absolute atomic E-state index is 0.0224. The molecule has 0 aliphatic heterocycles. The van der Waals surface area contributed by atoms with Gasteiger partial charge in [0, 0.05) is 18.2 Å². The number of benzene rings is 3. The van der Waals surface area contributed by atoms with Crippen molar-refractivity contribution in [1.29, 1.82) is 0 Å². The molecule has 0 saturated carbocycles. The van der Waals surface area contributed by atoms with Crippen LogP contribution in [0.15, 0.2) is 66.7 Å². The number of carbonyl (C=O) groups is 1. The summed E-state index contributed by atoms with van der Waals surface area (Å²) in [5, 5.41) is 12.8. The van der Waals surface area contributed by atoms with Crippen LogP contribution in [0.2, 0.25) is 5.02 Å². The minimum Gasteiger partial charge on any atom is -0.489 e. The monoisotopic (exact) mass is 485 g/mol. The van der Waals surface area contributed by atoms with Crippen molar-refractivity contribution in [3.8, 4) is 11.5 Å².